The second-order valence-corrected chi connectivity index (χ2v) is 6.06. The van der Waals surface area contributed by atoms with Crippen LogP contribution in [0.3, 0.4) is 0 Å². The molecule has 0 radical (unpaired) electrons. The van der Waals surface area contributed by atoms with Crippen LogP contribution < -0.4 is 15.4 Å². The quantitative estimate of drug-likeness (QED) is 0.896. The van der Waals surface area contributed by atoms with Crippen LogP contribution in [0.25, 0.3) is 0 Å². The minimum absolute atomic E-state index is 0.107. The largest absolute Gasteiger partial charge is 0.479 e. The van der Waals surface area contributed by atoms with Crippen molar-refractivity contribution in [3.05, 3.63) is 40.6 Å². The zero-order valence-corrected chi connectivity index (χ0v) is 12.9. The van der Waals surface area contributed by atoms with E-state index in [9.17, 15) is 4.79 Å². The molecular weight excluding hydrogens is 284 g/mol. The third-order valence-corrected chi connectivity index (χ3v) is 4.53. The van der Waals surface area contributed by atoms with Crippen LogP contribution >= 0.6 is 11.3 Å². The van der Waals surface area contributed by atoms with Gasteiger partial charge in [-0.2, -0.15) is 0 Å². The minimum atomic E-state index is -0.439. The lowest BCUT2D eigenvalue weighted by Gasteiger charge is -2.24. The van der Waals surface area contributed by atoms with Crippen LogP contribution in [0.1, 0.15) is 31.2 Å². The standard InChI is InChI=1S/C16H18N2O2S/c1-3-12(15-5-4-8-21-15)17-11-6-7-14-13(9-11)18-16(19)10(2)20-14/h4-10,12,17H,3H2,1-2H3,(H,18,19). The van der Waals surface area contributed by atoms with Gasteiger partial charge in [0.2, 0.25) is 0 Å². The van der Waals surface area contributed by atoms with Gasteiger partial charge in [-0.25, -0.2) is 0 Å². The van der Waals surface area contributed by atoms with E-state index in [-0.39, 0.29) is 11.9 Å². The van der Waals surface area contributed by atoms with Gasteiger partial charge >= 0.3 is 0 Å². The van der Waals surface area contributed by atoms with Crippen LogP contribution in [0.15, 0.2) is 35.7 Å². The van der Waals surface area contributed by atoms with Gasteiger partial charge in [-0.15, -0.1) is 11.3 Å². The van der Waals surface area contributed by atoms with E-state index < -0.39 is 6.10 Å². The predicted octanol–water partition coefficient (Wildman–Crippen LogP) is 4.03. The van der Waals surface area contributed by atoms with Crippen molar-refractivity contribution in [3.63, 3.8) is 0 Å². The van der Waals surface area contributed by atoms with E-state index in [0.29, 0.717) is 0 Å². The van der Waals surface area contributed by atoms with Gasteiger partial charge in [-0.1, -0.05) is 13.0 Å². The summed E-state index contributed by atoms with van der Waals surface area (Å²) in [6.45, 7) is 3.90. The molecule has 2 atom stereocenters. The van der Waals surface area contributed by atoms with Crippen LogP contribution in [0.5, 0.6) is 5.75 Å². The number of thiophene rings is 1. The summed E-state index contributed by atoms with van der Waals surface area (Å²) in [7, 11) is 0. The van der Waals surface area contributed by atoms with Crippen LogP contribution in [0, 0.1) is 0 Å². The van der Waals surface area contributed by atoms with Crippen LogP contribution in [-0.4, -0.2) is 12.0 Å². The molecular formula is C16H18N2O2S. The maximum atomic E-state index is 11.7. The first-order valence-corrected chi connectivity index (χ1v) is 7.97. The molecule has 0 aliphatic carbocycles. The molecule has 21 heavy (non-hydrogen) atoms. The number of anilines is 2. The summed E-state index contributed by atoms with van der Waals surface area (Å²) < 4.78 is 5.56. The lowest BCUT2D eigenvalue weighted by atomic mass is 10.1. The molecule has 5 heteroatoms. The molecule has 4 nitrogen and oxygen atoms in total. The molecule has 1 aromatic carbocycles. The maximum Gasteiger partial charge on any atom is 0.265 e. The Morgan fingerprint density at radius 3 is 3.00 bits per heavy atom. The molecule has 0 fully saturated rings. The Balaban J connectivity index is 1.81. The molecule has 2 heterocycles. The Kier molecular flexibility index (Phi) is 3.84. The van der Waals surface area contributed by atoms with Crippen molar-refractivity contribution in [2.24, 2.45) is 0 Å². The van der Waals surface area contributed by atoms with Gasteiger partial charge in [0, 0.05) is 10.6 Å². The zero-order chi connectivity index (χ0) is 14.8. The number of carbonyl (C=O) groups excluding carboxylic acids is 1. The molecule has 1 aliphatic rings. The smallest absolute Gasteiger partial charge is 0.265 e. The van der Waals surface area contributed by atoms with Crippen molar-refractivity contribution >= 4 is 28.6 Å². The number of hydrogen-bond donors (Lipinski definition) is 2. The van der Waals surface area contributed by atoms with Crippen molar-refractivity contribution in [2.45, 2.75) is 32.4 Å². The molecule has 0 saturated heterocycles. The summed E-state index contributed by atoms with van der Waals surface area (Å²) in [5.41, 5.74) is 1.71. The third kappa shape index (κ3) is 2.88. The fourth-order valence-electron chi connectivity index (χ4n) is 2.36. The normalized spacial score (nSPS) is 18.4. The predicted molar refractivity (Wildman–Crippen MR) is 86.1 cm³/mol. The van der Waals surface area contributed by atoms with E-state index >= 15 is 0 Å². The van der Waals surface area contributed by atoms with E-state index in [1.54, 1.807) is 18.3 Å². The number of ether oxygens (including phenoxy) is 1. The lowest BCUT2D eigenvalue weighted by molar-refractivity contribution is -0.122. The summed E-state index contributed by atoms with van der Waals surface area (Å²) in [6, 6.07) is 10.3. The Morgan fingerprint density at radius 2 is 2.29 bits per heavy atom. The SMILES string of the molecule is CCC(Nc1ccc2c(c1)NC(=O)C(C)O2)c1cccs1. The summed E-state index contributed by atoms with van der Waals surface area (Å²) >= 11 is 1.75. The van der Waals surface area contributed by atoms with Crippen LogP contribution in [0.4, 0.5) is 11.4 Å². The molecule has 2 unspecified atom stereocenters. The highest BCUT2D eigenvalue weighted by Crippen LogP contribution is 2.34. The minimum Gasteiger partial charge on any atom is -0.479 e. The van der Waals surface area contributed by atoms with E-state index in [0.717, 1.165) is 23.5 Å². The Morgan fingerprint density at radius 1 is 1.43 bits per heavy atom. The van der Waals surface area contributed by atoms with Crippen molar-refractivity contribution in [3.8, 4) is 5.75 Å². The Bertz CT molecular complexity index is 640. The fraction of sp³-hybridized carbons (Fsp3) is 0.312. The second kappa shape index (κ2) is 5.77. The number of rotatable bonds is 4. The molecule has 0 saturated carbocycles. The highest BCUT2D eigenvalue weighted by molar-refractivity contribution is 7.10. The number of carbonyl (C=O) groups is 1. The highest BCUT2D eigenvalue weighted by Gasteiger charge is 2.23. The zero-order valence-electron chi connectivity index (χ0n) is 12.1. The maximum absolute atomic E-state index is 11.7. The summed E-state index contributed by atoms with van der Waals surface area (Å²) in [5.74, 6) is 0.613. The topological polar surface area (TPSA) is 50.4 Å². The molecule has 110 valence electrons. The molecule has 3 rings (SSSR count). The average Bonchev–Trinajstić information content (AvgIpc) is 3.00. The number of hydrogen-bond acceptors (Lipinski definition) is 4. The first-order chi connectivity index (χ1) is 10.2. The van der Waals surface area contributed by atoms with E-state index in [4.69, 9.17) is 4.74 Å². The molecule has 2 N–H and O–H groups in total. The fourth-order valence-corrected chi connectivity index (χ4v) is 3.22. The highest BCUT2D eigenvalue weighted by atomic mass is 32.1. The average molecular weight is 302 g/mol. The van der Waals surface area contributed by atoms with Gasteiger partial charge < -0.3 is 15.4 Å². The lowest BCUT2D eigenvalue weighted by Crippen LogP contribution is -2.34. The van der Waals surface area contributed by atoms with Crippen molar-refractivity contribution in [1.29, 1.82) is 0 Å². The molecule has 0 bridgehead atoms. The second-order valence-electron chi connectivity index (χ2n) is 5.08. The summed E-state index contributed by atoms with van der Waals surface area (Å²) in [6.07, 6.45) is 0.558. The van der Waals surface area contributed by atoms with E-state index in [1.807, 2.05) is 18.2 Å². The first-order valence-electron chi connectivity index (χ1n) is 7.09. The van der Waals surface area contributed by atoms with Gasteiger partial charge in [0.25, 0.3) is 5.91 Å². The third-order valence-electron chi connectivity index (χ3n) is 3.55. The molecule has 1 amide bonds. The number of benzene rings is 1. The van der Waals surface area contributed by atoms with Crippen molar-refractivity contribution < 1.29 is 9.53 Å². The van der Waals surface area contributed by atoms with Gasteiger partial charge in [-0.05, 0) is 43.0 Å². The van der Waals surface area contributed by atoms with Gasteiger partial charge in [0.1, 0.15) is 5.75 Å². The molecule has 2 aromatic rings. The van der Waals surface area contributed by atoms with Crippen molar-refractivity contribution in [1.82, 2.24) is 0 Å². The van der Waals surface area contributed by atoms with Gasteiger partial charge in [0.15, 0.2) is 6.10 Å². The number of amides is 1. The molecule has 0 spiro atoms. The summed E-state index contributed by atoms with van der Waals surface area (Å²) in [5, 5.41) is 8.47. The number of nitrogens with one attached hydrogen (secondary N) is 2. The Hall–Kier alpha value is -2.01. The first kappa shape index (κ1) is 13.9. The van der Waals surface area contributed by atoms with Crippen LogP contribution in [0.2, 0.25) is 0 Å². The van der Waals surface area contributed by atoms with Crippen LogP contribution in [-0.2, 0) is 4.79 Å². The molecule has 1 aromatic heterocycles. The van der Waals surface area contributed by atoms with Gasteiger partial charge in [-0.3, -0.25) is 4.79 Å². The monoisotopic (exact) mass is 302 g/mol. The van der Waals surface area contributed by atoms with E-state index in [2.05, 4.69) is 35.1 Å². The van der Waals surface area contributed by atoms with E-state index in [1.165, 1.54) is 4.88 Å². The van der Waals surface area contributed by atoms with Gasteiger partial charge in [0.05, 0.1) is 11.7 Å². The number of fused-ring (bicyclic) bond motifs is 1. The molecule has 1 aliphatic heterocycles. The van der Waals surface area contributed by atoms with Crippen molar-refractivity contribution in [2.75, 3.05) is 10.6 Å². The Labute approximate surface area is 128 Å². The summed E-state index contributed by atoms with van der Waals surface area (Å²) in [4.78, 5) is 13.0.